The van der Waals surface area contributed by atoms with E-state index in [2.05, 4.69) is 4.98 Å². The molecule has 1 saturated heterocycles. The number of carboxylic acid groups (broad SMARTS) is 1. The number of fused-ring (bicyclic) bond motifs is 2. The number of nitrogens with zero attached hydrogens (tertiary/aromatic N) is 2. The van der Waals surface area contributed by atoms with Gasteiger partial charge in [-0.15, -0.1) is 0 Å². The summed E-state index contributed by atoms with van der Waals surface area (Å²) in [4.78, 5) is 16.1. The molecule has 1 aliphatic heterocycles. The maximum absolute atomic E-state index is 11.4. The molecular weight excluding hydrogens is 284 g/mol. The molecule has 0 radical (unpaired) electrons. The van der Waals surface area contributed by atoms with Gasteiger partial charge in [0.2, 0.25) is 0 Å². The lowest BCUT2D eigenvalue weighted by Crippen LogP contribution is -2.10. The third kappa shape index (κ3) is 2.06. The second-order valence-electron chi connectivity index (χ2n) is 6.35. The molecule has 2 atom stereocenters. The number of pyridine rings is 1. The zero-order valence-electron chi connectivity index (χ0n) is 12.5. The van der Waals surface area contributed by atoms with Gasteiger partial charge in [-0.2, -0.15) is 0 Å². The van der Waals surface area contributed by atoms with Gasteiger partial charge >= 0.3 is 5.97 Å². The van der Waals surface area contributed by atoms with Crippen LogP contribution in [-0.2, 0) is 4.74 Å². The van der Waals surface area contributed by atoms with Gasteiger partial charge in [0.1, 0.15) is 17.0 Å². The van der Waals surface area contributed by atoms with Crippen LogP contribution in [0.1, 0.15) is 35.8 Å². The molecule has 1 aliphatic carbocycles. The second-order valence-corrected chi connectivity index (χ2v) is 6.35. The smallest absolute Gasteiger partial charge is 0.341 e. The molecule has 1 saturated carbocycles. The van der Waals surface area contributed by atoms with Crippen LogP contribution in [0, 0.1) is 11.8 Å². The maximum Gasteiger partial charge on any atom is 0.341 e. The standard InChI is InChI=1S/C16H18N2O4/c1-8(2)22-13-3-14-17-12(15-10-6-21-7-11(10)15)5-18(14)4-9(13)16(19)20/h3-5,8,10-11,15H,6-7H2,1-2H3,(H,19,20). The summed E-state index contributed by atoms with van der Waals surface area (Å²) in [5, 5.41) is 9.37. The number of carbonyl (C=O) groups is 1. The molecule has 2 fully saturated rings. The third-order valence-electron chi connectivity index (χ3n) is 4.46. The van der Waals surface area contributed by atoms with Crippen molar-refractivity contribution >= 4 is 11.6 Å². The highest BCUT2D eigenvalue weighted by Crippen LogP contribution is 2.57. The first kappa shape index (κ1) is 13.6. The van der Waals surface area contributed by atoms with Gasteiger partial charge in [0.15, 0.2) is 0 Å². The molecule has 116 valence electrons. The Labute approximate surface area is 127 Å². The summed E-state index contributed by atoms with van der Waals surface area (Å²) >= 11 is 0. The highest BCUT2D eigenvalue weighted by molar-refractivity contribution is 5.91. The molecule has 2 aliphatic rings. The second kappa shape index (κ2) is 4.71. The number of rotatable bonds is 4. The van der Waals surface area contributed by atoms with Crippen LogP contribution >= 0.6 is 0 Å². The van der Waals surface area contributed by atoms with Gasteiger partial charge in [-0.3, -0.25) is 0 Å². The van der Waals surface area contributed by atoms with Crippen LogP contribution in [0.2, 0.25) is 0 Å². The Morgan fingerprint density at radius 1 is 1.41 bits per heavy atom. The normalized spacial score (nSPS) is 26.4. The van der Waals surface area contributed by atoms with E-state index in [1.54, 1.807) is 16.7 Å². The first-order chi connectivity index (χ1) is 10.5. The quantitative estimate of drug-likeness (QED) is 0.937. The molecule has 1 N–H and O–H groups in total. The van der Waals surface area contributed by atoms with E-state index in [9.17, 15) is 9.90 Å². The van der Waals surface area contributed by atoms with E-state index in [-0.39, 0.29) is 11.7 Å². The highest BCUT2D eigenvalue weighted by atomic mass is 16.5. The Balaban J connectivity index is 1.74. The SMILES string of the molecule is CC(C)Oc1cc2nc(C3C4COCC43)cn2cc1C(=O)O. The van der Waals surface area contributed by atoms with E-state index in [0.29, 0.717) is 23.5 Å². The third-order valence-corrected chi connectivity index (χ3v) is 4.46. The van der Waals surface area contributed by atoms with Crippen molar-refractivity contribution in [1.29, 1.82) is 0 Å². The average Bonchev–Trinajstić information content (AvgIpc) is 2.83. The molecule has 6 nitrogen and oxygen atoms in total. The fraction of sp³-hybridized carbons (Fsp3) is 0.500. The lowest BCUT2D eigenvalue weighted by molar-refractivity contribution is 0.0690. The summed E-state index contributed by atoms with van der Waals surface area (Å²) in [5.74, 6) is 0.984. The number of aromatic nitrogens is 2. The predicted molar refractivity (Wildman–Crippen MR) is 78.5 cm³/mol. The van der Waals surface area contributed by atoms with Crippen LogP contribution in [-0.4, -0.2) is 39.8 Å². The molecule has 3 heterocycles. The predicted octanol–water partition coefficient (Wildman–Crippen LogP) is 2.18. The zero-order valence-corrected chi connectivity index (χ0v) is 12.5. The summed E-state index contributed by atoms with van der Waals surface area (Å²) in [6, 6.07) is 1.71. The highest BCUT2D eigenvalue weighted by Gasteiger charge is 2.55. The molecule has 0 bridgehead atoms. The molecule has 22 heavy (non-hydrogen) atoms. The van der Waals surface area contributed by atoms with Crippen LogP contribution in [0.5, 0.6) is 5.75 Å². The van der Waals surface area contributed by atoms with Gasteiger partial charge in [-0.25, -0.2) is 9.78 Å². The summed E-state index contributed by atoms with van der Waals surface area (Å²) in [6.07, 6.45) is 3.43. The Morgan fingerprint density at radius 2 is 2.14 bits per heavy atom. The molecule has 6 heteroatoms. The van der Waals surface area contributed by atoms with E-state index in [1.807, 2.05) is 20.0 Å². The largest absolute Gasteiger partial charge is 0.490 e. The Kier molecular flexibility index (Phi) is 2.91. The van der Waals surface area contributed by atoms with E-state index in [0.717, 1.165) is 24.6 Å². The number of hydrogen-bond donors (Lipinski definition) is 1. The van der Waals surface area contributed by atoms with Crippen molar-refractivity contribution in [3.8, 4) is 5.75 Å². The lowest BCUT2D eigenvalue weighted by Gasteiger charge is -2.12. The van der Waals surface area contributed by atoms with Crippen molar-refractivity contribution in [3.63, 3.8) is 0 Å². The molecule has 2 aromatic rings. The van der Waals surface area contributed by atoms with Crippen molar-refractivity contribution in [1.82, 2.24) is 9.38 Å². The monoisotopic (exact) mass is 302 g/mol. The van der Waals surface area contributed by atoms with E-state index >= 15 is 0 Å². The average molecular weight is 302 g/mol. The van der Waals surface area contributed by atoms with Gasteiger partial charge in [-0.1, -0.05) is 0 Å². The number of imidazole rings is 1. The Morgan fingerprint density at radius 3 is 2.77 bits per heavy atom. The summed E-state index contributed by atoms with van der Waals surface area (Å²) in [6.45, 7) is 5.37. The van der Waals surface area contributed by atoms with Crippen molar-refractivity contribution in [2.75, 3.05) is 13.2 Å². The number of ether oxygens (including phenoxy) is 2. The summed E-state index contributed by atoms with van der Waals surface area (Å²) < 4.78 is 12.8. The van der Waals surface area contributed by atoms with Crippen molar-refractivity contribution < 1.29 is 19.4 Å². The van der Waals surface area contributed by atoms with Gasteiger partial charge in [0.05, 0.1) is 25.0 Å². The van der Waals surface area contributed by atoms with Crippen molar-refractivity contribution in [2.45, 2.75) is 25.9 Å². The molecule has 2 unspecified atom stereocenters. The van der Waals surface area contributed by atoms with Crippen molar-refractivity contribution in [3.05, 3.63) is 29.7 Å². The van der Waals surface area contributed by atoms with Gasteiger partial charge in [0.25, 0.3) is 0 Å². The molecule has 0 aromatic carbocycles. The Bertz CT molecular complexity index is 742. The minimum atomic E-state index is -0.996. The summed E-state index contributed by atoms with van der Waals surface area (Å²) in [7, 11) is 0. The lowest BCUT2D eigenvalue weighted by atomic mass is 10.2. The van der Waals surface area contributed by atoms with E-state index in [4.69, 9.17) is 9.47 Å². The Hall–Kier alpha value is -2.08. The molecule has 2 aromatic heterocycles. The minimum absolute atomic E-state index is 0.0880. The fourth-order valence-electron chi connectivity index (χ4n) is 3.39. The van der Waals surface area contributed by atoms with Crippen LogP contribution < -0.4 is 4.74 Å². The first-order valence-electron chi connectivity index (χ1n) is 7.55. The maximum atomic E-state index is 11.4. The van der Waals surface area contributed by atoms with Crippen LogP contribution in [0.25, 0.3) is 5.65 Å². The topological polar surface area (TPSA) is 73.1 Å². The van der Waals surface area contributed by atoms with Gasteiger partial charge in [-0.05, 0) is 25.7 Å². The minimum Gasteiger partial charge on any atom is -0.490 e. The molecule has 4 rings (SSSR count). The van der Waals surface area contributed by atoms with Crippen LogP contribution in [0.4, 0.5) is 0 Å². The molecule has 0 spiro atoms. The fourth-order valence-corrected chi connectivity index (χ4v) is 3.39. The first-order valence-corrected chi connectivity index (χ1v) is 7.55. The number of hydrogen-bond acceptors (Lipinski definition) is 4. The summed E-state index contributed by atoms with van der Waals surface area (Å²) in [5.41, 5.74) is 1.90. The van der Waals surface area contributed by atoms with Gasteiger partial charge in [0, 0.05) is 24.4 Å². The molecular formula is C16H18N2O4. The van der Waals surface area contributed by atoms with Crippen LogP contribution in [0.15, 0.2) is 18.5 Å². The number of aromatic carboxylic acids is 1. The molecule has 0 amide bonds. The number of carboxylic acids is 1. The van der Waals surface area contributed by atoms with Crippen LogP contribution in [0.3, 0.4) is 0 Å². The van der Waals surface area contributed by atoms with E-state index < -0.39 is 5.97 Å². The van der Waals surface area contributed by atoms with Gasteiger partial charge < -0.3 is 19.0 Å². The van der Waals surface area contributed by atoms with E-state index in [1.165, 1.54) is 0 Å². The van der Waals surface area contributed by atoms with Crippen molar-refractivity contribution in [2.24, 2.45) is 11.8 Å². The zero-order chi connectivity index (χ0) is 15.4.